The van der Waals surface area contributed by atoms with Crippen LogP contribution in [0.2, 0.25) is 5.02 Å². The summed E-state index contributed by atoms with van der Waals surface area (Å²) in [5, 5.41) is 2.34. The van der Waals surface area contributed by atoms with Gasteiger partial charge in [0.2, 0.25) is 0 Å². The lowest BCUT2D eigenvalue weighted by molar-refractivity contribution is -0.222. The van der Waals surface area contributed by atoms with Crippen LogP contribution in [0.4, 0.5) is 18.9 Å². The van der Waals surface area contributed by atoms with Gasteiger partial charge in [0.25, 0.3) is 5.79 Å². The van der Waals surface area contributed by atoms with E-state index in [1.165, 1.54) is 13.8 Å². The van der Waals surface area contributed by atoms with Crippen molar-refractivity contribution < 1.29 is 32.2 Å². The number of halogens is 5. The summed E-state index contributed by atoms with van der Waals surface area (Å²) < 4.78 is 48.2. The SMILES string of the molecule is CC1(C)OC(=O)C(=CNc2cc(C(F)(F)F)c(Br)cc2Cl)C(=O)O1. The Bertz CT molecular complexity index is 724. The van der Waals surface area contributed by atoms with Crippen molar-refractivity contribution in [3.63, 3.8) is 0 Å². The highest BCUT2D eigenvalue weighted by molar-refractivity contribution is 9.10. The van der Waals surface area contributed by atoms with Crippen molar-refractivity contribution in [1.29, 1.82) is 0 Å². The predicted molar refractivity (Wildman–Crippen MR) is 82.1 cm³/mol. The maximum atomic E-state index is 12.9. The Morgan fingerprint density at radius 2 is 1.75 bits per heavy atom. The lowest BCUT2D eigenvalue weighted by atomic mass is 10.2. The van der Waals surface area contributed by atoms with E-state index in [9.17, 15) is 22.8 Å². The van der Waals surface area contributed by atoms with Crippen LogP contribution in [-0.4, -0.2) is 17.7 Å². The summed E-state index contributed by atoms with van der Waals surface area (Å²) in [5.74, 6) is -3.34. The van der Waals surface area contributed by atoms with Crippen LogP contribution < -0.4 is 5.32 Å². The zero-order valence-electron chi connectivity index (χ0n) is 12.3. The molecule has 1 N–H and O–H groups in total. The first-order chi connectivity index (χ1) is 10.9. The Morgan fingerprint density at radius 3 is 2.25 bits per heavy atom. The van der Waals surface area contributed by atoms with Crippen LogP contribution in [0.1, 0.15) is 19.4 Å². The third-order valence-electron chi connectivity index (χ3n) is 2.85. The van der Waals surface area contributed by atoms with Crippen molar-refractivity contribution in [2.45, 2.75) is 25.8 Å². The number of carbonyl (C=O) groups excluding carboxylic acids is 2. The lowest BCUT2D eigenvalue weighted by Gasteiger charge is -2.29. The van der Waals surface area contributed by atoms with Crippen molar-refractivity contribution in [3.8, 4) is 0 Å². The molecule has 2 rings (SSSR count). The summed E-state index contributed by atoms with van der Waals surface area (Å²) in [6, 6.07) is 1.79. The second-order valence-corrected chi connectivity index (χ2v) is 6.45. The van der Waals surface area contributed by atoms with Gasteiger partial charge in [0.1, 0.15) is 0 Å². The van der Waals surface area contributed by atoms with E-state index in [2.05, 4.69) is 21.2 Å². The average molecular weight is 429 g/mol. The number of cyclic esters (lactones) is 2. The zero-order valence-corrected chi connectivity index (χ0v) is 14.6. The first kappa shape index (κ1) is 18.6. The van der Waals surface area contributed by atoms with Crippen molar-refractivity contribution in [3.05, 3.63) is 39.0 Å². The number of ether oxygens (including phenoxy) is 2. The Morgan fingerprint density at radius 1 is 1.21 bits per heavy atom. The van der Waals surface area contributed by atoms with Crippen molar-refractivity contribution >= 4 is 45.2 Å². The molecule has 1 aliphatic heterocycles. The standard InChI is InChI=1S/C14H10BrClF3NO4/c1-13(2)23-11(21)6(12(22)24-13)5-20-10-3-7(14(17,18)19)8(15)4-9(10)16/h3-5,20H,1-2H3. The Balaban J connectivity index is 2.32. The Labute approximate surface area is 147 Å². The van der Waals surface area contributed by atoms with E-state index in [1.54, 1.807) is 0 Å². The molecular weight excluding hydrogens is 419 g/mol. The number of rotatable bonds is 2. The van der Waals surface area contributed by atoms with E-state index < -0.39 is 35.0 Å². The second-order valence-electron chi connectivity index (χ2n) is 5.19. The maximum absolute atomic E-state index is 12.9. The van der Waals surface area contributed by atoms with Crippen LogP contribution in [0.25, 0.3) is 0 Å². The van der Waals surface area contributed by atoms with Gasteiger partial charge in [-0.05, 0) is 12.1 Å². The number of carbonyl (C=O) groups is 2. The smallest absolute Gasteiger partial charge is 0.417 e. The molecule has 130 valence electrons. The number of nitrogens with one attached hydrogen (secondary N) is 1. The number of esters is 2. The summed E-state index contributed by atoms with van der Waals surface area (Å²) in [6.45, 7) is 2.74. The number of anilines is 1. The third kappa shape index (κ3) is 4.02. The molecular formula is C14H10BrClF3NO4. The van der Waals surface area contributed by atoms with Gasteiger partial charge in [0.15, 0.2) is 5.57 Å². The monoisotopic (exact) mass is 427 g/mol. The molecule has 0 atom stereocenters. The number of alkyl halides is 3. The van der Waals surface area contributed by atoms with Gasteiger partial charge >= 0.3 is 18.1 Å². The maximum Gasteiger partial charge on any atom is 0.417 e. The molecule has 0 aliphatic carbocycles. The summed E-state index contributed by atoms with van der Waals surface area (Å²) in [6.07, 6.45) is -3.73. The van der Waals surface area contributed by atoms with Gasteiger partial charge in [-0.3, -0.25) is 0 Å². The Hall–Kier alpha value is -1.74. The van der Waals surface area contributed by atoms with Crippen LogP contribution in [0.3, 0.4) is 0 Å². The largest absolute Gasteiger partial charge is 0.419 e. The fourth-order valence-corrected chi connectivity index (χ4v) is 2.72. The van der Waals surface area contributed by atoms with Crippen molar-refractivity contribution in [1.82, 2.24) is 0 Å². The number of benzene rings is 1. The van der Waals surface area contributed by atoms with Gasteiger partial charge in [-0.25, -0.2) is 9.59 Å². The van der Waals surface area contributed by atoms with E-state index >= 15 is 0 Å². The molecule has 5 nitrogen and oxygen atoms in total. The van der Waals surface area contributed by atoms with Crippen molar-refractivity contribution in [2.75, 3.05) is 5.32 Å². The minimum Gasteiger partial charge on any atom is -0.419 e. The van der Waals surface area contributed by atoms with E-state index in [0.717, 1.165) is 18.3 Å². The van der Waals surface area contributed by atoms with Gasteiger partial charge in [-0.2, -0.15) is 13.2 Å². The molecule has 0 saturated carbocycles. The second kappa shape index (κ2) is 6.29. The van der Waals surface area contributed by atoms with Crippen LogP contribution in [0.5, 0.6) is 0 Å². The first-order valence-electron chi connectivity index (χ1n) is 6.40. The van der Waals surface area contributed by atoms with Crippen LogP contribution in [0, 0.1) is 0 Å². The van der Waals surface area contributed by atoms with Gasteiger partial charge in [-0.15, -0.1) is 0 Å². The van der Waals surface area contributed by atoms with Crippen LogP contribution in [-0.2, 0) is 25.2 Å². The third-order valence-corrected chi connectivity index (χ3v) is 3.82. The van der Waals surface area contributed by atoms with E-state index in [4.69, 9.17) is 21.1 Å². The molecule has 1 aliphatic rings. The number of hydrogen-bond acceptors (Lipinski definition) is 5. The number of hydrogen-bond donors (Lipinski definition) is 1. The molecule has 0 unspecified atom stereocenters. The van der Waals surface area contributed by atoms with Crippen LogP contribution >= 0.6 is 27.5 Å². The predicted octanol–water partition coefficient (Wildman–Crippen LogP) is 4.25. The molecule has 1 aromatic rings. The van der Waals surface area contributed by atoms with E-state index in [-0.39, 0.29) is 15.2 Å². The average Bonchev–Trinajstić information content (AvgIpc) is 2.36. The fourth-order valence-electron chi connectivity index (χ4n) is 1.81. The molecule has 0 aromatic heterocycles. The molecule has 1 fully saturated rings. The highest BCUT2D eigenvalue weighted by Crippen LogP contribution is 2.39. The van der Waals surface area contributed by atoms with E-state index in [1.807, 2.05) is 0 Å². The molecule has 1 aromatic carbocycles. The zero-order chi connectivity index (χ0) is 18.3. The minimum atomic E-state index is -4.61. The summed E-state index contributed by atoms with van der Waals surface area (Å²) in [7, 11) is 0. The van der Waals surface area contributed by atoms with E-state index in [0.29, 0.717) is 0 Å². The molecule has 1 saturated heterocycles. The normalized spacial score (nSPS) is 17.2. The highest BCUT2D eigenvalue weighted by Gasteiger charge is 2.39. The van der Waals surface area contributed by atoms with Gasteiger partial charge in [-0.1, -0.05) is 27.5 Å². The van der Waals surface area contributed by atoms with Crippen molar-refractivity contribution in [2.24, 2.45) is 0 Å². The van der Waals surface area contributed by atoms with Gasteiger partial charge < -0.3 is 14.8 Å². The summed E-state index contributed by atoms with van der Waals surface area (Å²) in [4.78, 5) is 23.5. The topological polar surface area (TPSA) is 64.6 Å². The lowest BCUT2D eigenvalue weighted by Crippen LogP contribution is -2.42. The van der Waals surface area contributed by atoms with Crippen LogP contribution in [0.15, 0.2) is 28.4 Å². The quantitative estimate of drug-likeness (QED) is 0.433. The molecule has 1 heterocycles. The molecule has 0 radical (unpaired) electrons. The molecule has 24 heavy (non-hydrogen) atoms. The fraction of sp³-hybridized carbons (Fsp3) is 0.286. The Kier molecular flexibility index (Phi) is 4.87. The summed E-state index contributed by atoms with van der Waals surface area (Å²) in [5.41, 5.74) is -1.62. The first-order valence-corrected chi connectivity index (χ1v) is 7.57. The molecule has 0 amide bonds. The highest BCUT2D eigenvalue weighted by atomic mass is 79.9. The molecule has 0 bridgehead atoms. The van der Waals surface area contributed by atoms with Gasteiger partial charge in [0.05, 0.1) is 16.3 Å². The summed E-state index contributed by atoms with van der Waals surface area (Å²) >= 11 is 8.65. The van der Waals surface area contributed by atoms with Gasteiger partial charge in [0, 0.05) is 24.5 Å². The molecule has 0 spiro atoms. The molecule has 10 heteroatoms. The minimum absolute atomic E-state index is 0.0513.